The number of hydrogen-bond donors (Lipinski definition) is 1. The molecule has 0 amide bonds. The number of aryl methyl sites for hydroxylation is 1. The summed E-state index contributed by atoms with van der Waals surface area (Å²) in [4.78, 5) is 0.357. The predicted molar refractivity (Wildman–Crippen MR) is 83.8 cm³/mol. The van der Waals surface area contributed by atoms with E-state index in [0.29, 0.717) is 42.3 Å². The zero-order valence-corrected chi connectivity index (χ0v) is 13.7. The Morgan fingerprint density at radius 3 is 2.62 bits per heavy atom. The van der Waals surface area contributed by atoms with E-state index in [4.69, 9.17) is 10.5 Å². The van der Waals surface area contributed by atoms with Crippen molar-refractivity contribution >= 4 is 15.7 Å². The number of rotatable bonds is 4. The minimum atomic E-state index is -3.54. The van der Waals surface area contributed by atoms with Crippen LogP contribution < -0.4 is 5.73 Å². The molecular formula is C15H24N2O3S. The normalized spacial score (nSPS) is 20.6. The summed E-state index contributed by atoms with van der Waals surface area (Å²) in [7, 11) is -3.54. The lowest BCUT2D eigenvalue weighted by Gasteiger charge is -2.33. The first-order chi connectivity index (χ1) is 9.91. The van der Waals surface area contributed by atoms with Crippen LogP contribution in [0.15, 0.2) is 17.0 Å². The van der Waals surface area contributed by atoms with Gasteiger partial charge in [-0.15, -0.1) is 0 Å². The summed E-state index contributed by atoms with van der Waals surface area (Å²) in [5.74, 6) is 0. The molecule has 1 heterocycles. The molecule has 0 spiro atoms. The standard InChI is InChI=1S/C15H24N2O3S/c1-4-12-8-14(16)13(5-2)15(9-12)21(18,19)17-6-7-20-10-11(17)3/h8-9,11H,4-7,10,16H2,1-3H3/t11-/m1/s1. The maximum Gasteiger partial charge on any atom is 0.243 e. The largest absolute Gasteiger partial charge is 0.398 e. The first-order valence-corrected chi connectivity index (χ1v) is 8.86. The van der Waals surface area contributed by atoms with E-state index in [0.717, 1.165) is 12.0 Å². The summed E-state index contributed by atoms with van der Waals surface area (Å²) in [5.41, 5.74) is 8.29. The van der Waals surface area contributed by atoms with Gasteiger partial charge in [-0.05, 0) is 43.0 Å². The highest BCUT2D eigenvalue weighted by Gasteiger charge is 2.33. The number of anilines is 1. The molecule has 2 rings (SSSR count). The molecule has 118 valence electrons. The number of sulfonamides is 1. The van der Waals surface area contributed by atoms with Crippen LogP contribution in [0.1, 0.15) is 31.9 Å². The molecule has 6 heteroatoms. The summed E-state index contributed by atoms with van der Waals surface area (Å²) in [5, 5.41) is 0. The third-order valence-electron chi connectivity index (χ3n) is 3.96. The van der Waals surface area contributed by atoms with Crippen molar-refractivity contribution in [1.29, 1.82) is 0 Å². The fourth-order valence-electron chi connectivity index (χ4n) is 2.73. The van der Waals surface area contributed by atoms with Crippen molar-refractivity contribution in [2.75, 3.05) is 25.5 Å². The SMILES string of the molecule is CCc1cc(N)c(CC)c(S(=O)(=O)N2CCOC[C@H]2C)c1. The van der Waals surface area contributed by atoms with Gasteiger partial charge in [0.1, 0.15) is 0 Å². The molecule has 1 aromatic carbocycles. The van der Waals surface area contributed by atoms with Gasteiger partial charge in [-0.1, -0.05) is 13.8 Å². The molecule has 0 unspecified atom stereocenters. The minimum absolute atomic E-state index is 0.153. The third-order valence-corrected chi connectivity index (χ3v) is 6.04. The van der Waals surface area contributed by atoms with Gasteiger partial charge in [-0.25, -0.2) is 8.42 Å². The van der Waals surface area contributed by atoms with Crippen molar-refractivity contribution in [2.24, 2.45) is 0 Å². The molecule has 1 aliphatic heterocycles. The Kier molecular flexibility index (Phi) is 4.91. The fraction of sp³-hybridized carbons (Fsp3) is 0.600. The maximum atomic E-state index is 13.0. The Morgan fingerprint density at radius 2 is 2.05 bits per heavy atom. The lowest BCUT2D eigenvalue weighted by Crippen LogP contribution is -2.47. The van der Waals surface area contributed by atoms with E-state index in [9.17, 15) is 8.42 Å². The Balaban J connectivity index is 2.55. The molecule has 0 saturated carbocycles. The lowest BCUT2D eigenvalue weighted by atomic mass is 10.1. The molecular weight excluding hydrogens is 288 g/mol. The summed E-state index contributed by atoms with van der Waals surface area (Å²) < 4.78 is 32.9. The smallest absolute Gasteiger partial charge is 0.243 e. The number of morpholine rings is 1. The Morgan fingerprint density at radius 1 is 1.33 bits per heavy atom. The first kappa shape index (κ1) is 16.3. The van der Waals surface area contributed by atoms with Crippen molar-refractivity contribution in [3.8, 4) is 0 Å². The van der Waals surface area contributed by atoms with Gasteiger partial charge in [0.05, 0.1) is 18.1 Å². The molecule has 1 aliphatic rings. The molecule has 21 heavy (non-hydrogen) atoms. The van der Waals surface area contributed by atoms with Crippen LogP contribution in [-0.4, -0.2) is 38.5 Å². The highest BCUT2D eigenvalue weighted by molar-refractivity contribution is 7.89. The van der Waals surface area contributed by atoms with Crippen molar-refractivity contribution in [1.82, 2.24) is 4.31 Å². The van der Waals surface area contributed by atoms with Crippen LogP contribution in [-0.2, 0) is 27.6 Å². The topological polar surface area (TPSA) is 72.6 Å². The summed E-state index contributed by atoms with van der Waals surface area (Å²) >= 11 is 0. The molecule has 0 radical (unpaired) electrons. The summed E-state index contributed by atoms with van der Waals surface area (Å²) in [6.07, 6.45) is 1.36. The molecule has 0 aromatic heterocycles. The van der Waals surface area contributed by atoms with E-state index < -0.39 is 10.0 Å². The highest BCUT2D eigenvalue weighted by Crippen LogP contribution is 2.29. The number of ether oxygens (including phenoxy) is 1. The van der Waals surface area contributed by atoms with Gasteiger partial charge >= 0.3 is 0 Å². The number of hydrogen-bond acceptors (Lipinski definition) is 4. The van der Waals surface area contributed by atoms with Crippen molar-refractivity contribution in [3.05, 3.63) is 23.3 Å². The monoisotopic (exact) mass is 312 g/mol. The van der Waals surface area contributed by atoms with Gasteiger partial charge in [0.15, 0.2) is 0 Å². The van der Waals surface area contributed by atoms with Crippen LogP contribution in [0.25, 0.3) is 0 Å². The molecule has 0 aliphatic carbocycles. The van der Waals surface area contributed by atoms with Crippen LogP contribution in [0, 0.1) is 0 Å². The Labute approximate surface area is 127 Å². The second kappa shape index (κ2) is 6.34. The van der Waals surface area contributed by atoms with E-state index in [2.05, 4.69) is 0 Å². The zero-order valence-electron chi connectivity index (χ0n) is 12.9. The van der Waals surface area contributed by atoms with Crippen LogP contribution in [0.3, 0.4) is 0 Å². The van der Waals surface area contributed by atoms with E-state index in [1.165, 1.54) is 4.31 Å². The van der Waals surface area contributed by atoms with Gasteiger partial charge in [0.2, 0.25) is 10.0 Å². The first-order valence-electron chi connectivity index (χ1n) is 7.42. The molecule has 2 N–H and O–H groups in total. The van der Waals surface area contributed by atoms with Crippen LogP contribution >= 0.6 is 0 Å². The minimum Gasteiger partial charge on any atom is -0.398 e. The van der Waals surface area contributed by atoms with Gasteiger partial charge in [-0.3, -0.25) is 0 Å². The summed E-state index contributed by atoms with van der Waals surface area (Å²) in [6, 6.07) is 3.49. The lowest BCUT2D eigenvalue weighted by molar-refractivity contribution is 0.0392. The fourth-order valence-corrected chi connectivity index (χ4v) is 4.71. The third kappa shape index (κ3) is 3.07. The molecule has 0 bridgehead atoms. The van der Waals surface area contributed by atoms with E-state index in [1.807, 2.05) is 26.8 Å². The summed E-state index contributed by atoms with van der Waals surface area (Å²) in [6.45, 7) is 7.06. The number of nitrogen functional groups attached to an aromatic ring is 1. The van der Waals surface area contributed by atoms with Crippen LogP contribution in [0.5, 0.6) is 0 Å². The Bertz CT molecular complexity index is 614. The van der Waals surface area contributed by atoms with E-state index in [1.54, 1.807) is 6.07 Å². The number of nitrogens with zero attached hydrogens (tertiary/aromatic N) is 1. The Hall–Kier alpha value is -1.11. The van der Waals surface area contributed by atoms with Gasteiger partial charge in [-0.2, -0.15) is 4.31 Å². The van der Waals surface area contributed by atoms with Crippen LogP contribution in [0.2, 0.25) is 0 Å². The molecule has 1 fully saturated rings. The van der Waals surface area contributed by atoms with E-state index >= 15 is 0 Å². The van der Waals surface area contributed by atoms with Gasteiger partial charge in [0.25, 0.3) is 0 Å². The van der Waals surface area contributed by atoms with Gasteiger partial charge < -0.3 is 10.5 Å². The molecule has 1 saturated heterocycles. The molecule has 1 atom stereocenters. The molecule has 5 nitrogen and oxygen atoms in total. The second-order valence-electron chi connectivity index (χ2n) is 5.41. The predicted octanol–water partition coefficient (Wildman–Crippen LogP) is 1.80. The quantitative estimate of drug-likeness (QED) is 0.861. The van der Waals surface area contributed by atoms with Crippen molar-refractivity contribution < 1.29 is 13.2 Å². The van der Waals surface area contributed by atoms with Crippen LogP contribution in [0.4, 0.5) is 5.69 Å². The highest BCUT2D eigenvalue weighted by atomic mass is 32.2. The van der Waals surface area contributed by atoms with Gasteiger partial charge in [0, 0.05) is 18.3 Å². The van der Waals surface area contributed by atoms with Crippen molar-refractivity contribution in [2.45, 2.75) is 44.6 Å². The number of nitrogens with two attached hydrogens (primary N) is 1. The zero-order chi connectivity index (χ0) is 15.6. The molecule has 1 aromatic rings. The average molecular weight is 312 g/mol. The van der Waals surface area contributed by atoms with E-state index in [-0.39, 0.29) is 6.04 Å². The number of benzene rings is 1. The average Bonchev–Trinajstić information content (AvgIpc) is 2.46. The maximum absolute atomic E-state index is 13.0. The van der Waals surface area contributed by atoms with Crippen molar-refractivity contribution in [3.63, 3.8) is 0 Å². The second-order valence-corrected chi connectivity index (χ2v) is 7.27.